The number of aromatic nitrogens is 2. The second kappa shape index (κ2) is 8.05. The van der Waals surface area contributed by atoms with Gasteiger partial charge in [0.2, 0.25) is 0 Å². The zero-order valence-corrected chi connectivity index (χ0v) is 14.3. The summed E-state index contributed by atoms with van der Waals surface area (Å²) in [6, 6.07) is 13.5. The molecule has 2 heterocycles. The molecule has 0 spiro atoms. The first-order chi connectivity index (χ1) is 12.6. The molecule has 0 fully saturated rings. The molecule has 0 saturated heterocycles. The van der Waals surface area contributed by atoms with Crippen LogP contribution in [0.25, 0.3) is 0 Å². The van der Waals surface area contributed by atoms with E-state index in [9.17, 15) is 9.00 Å². The number of hydrogen-bond donors (Lipinski definition) is 1. The van der Waals surface area contributed by atoms with E-state index < -0.39 is 16.5 Å². The van der Waals surface area contributed by atoms with E-state index in [1.165, 1.54) is 12.4 Å². The number of hydrogen-bond acceptors (Lipinski definition) is 6. The monoisotopic (exact) mass is 361 g/mol. The standard InChI is InChI=1S/C19H13N4O2S/c20-18-9-8-14(12-22-18)6-7-15-10-16(13-21-11-15)19(24)23-26(25)17-4-2-1-3-5-17/h1-5,8-13H,(H2,20,22)/q-1. The van der Waals surface area contributed by atoms with Gasteiger partial charge in [-0.1, -0.05) is 47.1 Å². The Morgan fingerprint density at radius 2 is 1.77 bits per heavy atom. The second-order valence-electron chi connectivity index (χ2n) is 5.14. The molecule has 0 aliphatic rings. The molecule has 0 unspecified atom stereocenters. The maximum Gasteiger partial charge on any atom is 0.255 e. The Kier molecular flexibility index (Phi) is 5.37. The number of benzene rings is 1. The van der Waals surface area contributed by atoms with Gasteiger partial charge in [-0.2, -0.15) is 10.6 Å². The summed E-state index contributed by atoms with van der Waals surface area (Å²) in [7, 11) is -1.76. The highest BCUT2D eigenvalue weighted by Gasteiger charge is 2.02. The van der Waals surface area contributed by atoms with E-state index in [-0.39, 0.29) is 5.56 Å². The smallest absolute Gasteiger partial charge is 0.255 e. The molecule has 0 bridgehead atoms. The van der Waals surface area contributed by atoms with Crippen LogP contribution in [0.1, 0.15) is 21.5 Å². The van der Waals surface area contributed by atoms with E-state index in [1.807, 2.05) is 0 Å². The van der Waals surface area contributed by atoms with Gasteiger partial charge in [-0.05, 0) is 18.2 Å². The van der Waals surface area contributed by atoms with Gasteiger partial charge in [-0.3, -0.25) is 9.78 Å². The molecule has 7 heteroatoms. The maximum atomic E-state index is 12.2. The lowest BCUT2D eigenvalue weighted by atomic mass is 10.2. The largest absolute Gasteiger partial charge is 0.440 e. The summed E-state index contributed by atoms with van der Waals surface area (Å²) in [6.07, 6.45) is 4.45. The molecular formula is C19H13N4O2S-. The highest BCUT2D eigenvalue weighted by atomic mass is 32.2. The average Bonchev–Trinajstić information content (AvgIpc) is 2.68. The van der Waals surface area contributed by atoms with Gasteiger partial charge in [0.25, 0.3) is 5.91 Å². The van der Waals surface area contributed by atoms with Gasteiger partial charge in [0.1, 0.15) is 5.82 Å². The number of nitrogens with two attached hydrogens (primary N) is 1. The number of carbonyl (C=O) groups is 1. The number of amides is 1. The lowest BCUT2D eigenvalue weighted by Crippen LogP contribution is -1.97. The maximum absolute atomic E-state index is 12.2. The molecule has 6 nitrogen and oxygen atoms in total. The van der Waals surface area contributed by atoms with Crippen LogP contribution in [0.15, 0.2) is 76.4 Å². The molecular weight excluding hydrogens is 348 g/mol. The number of rotatable bonds is 2. The van der Waals surface area contributed by atoms with Crippen molar-refractivity contribution in [1.82, 2.24) is 9.97 Å². The molecule has 0 aliphatic heterocycles. The number of anilines is 1. The summed E-state index contributed by atoms with van der Waals surface area (Å²) in [6.45, 7) is 0. The van der Waals surface area contributed by atoms with Crippen molar-refractivity contribution in [2.24, 2.45) is 4.36 Å². The van der Waals surface area contributed by atoms with Crippen LogP contribution in [0.3, 0.4) is 0 Å². The van der Waals surface area contributed by atoms with E-state index in [0.717, 1.165) is 0 Å². The summed E-state index contributed by atoms with van der Waals surface area (Å²) in [4.78, 5) is 20.6. The summed E-state index contributed by atoms with van der Waals surface area (Å²) < 4.78 is 15.8. The number of pyridine rings is 2. The number of carbonyl (C=O) groups excluding carboxylic acids is 1. The molecule has 0 atom stereocenters. The topological polar surface area (TPSA) is 98.3 Å². The first-order valence-electron chi connectivity index (χ1n) is 7.53. The fourth-order valence-corrected chi connectivity index (χ4v) is 2.72. The third-order valence-corrected chi connectivity index (χ3v) is 4.24. The summed E-state index contributed by atoms with van der Waals surface area (Å²) in [5.41, 5.74) is 6.97. The van der Waals surface area contributed by atoms with Crippen molar-refractivity contribution in [1.29, 1.82) is 0 Å². The predicted octanol–water partition coefficient (Wildman–Crippen LogP) is 2.81. The lowest BCUT2D eigenvalue weighted by molar-refractivity contribution is 0.100. The van der Waals surface area contributed by atoms with Crippen LogP contribution in [-0.2, 0) is 14.8 Å². The van der Waals surface area contributed by atoms with E-state index in [1.54, 1.807) is 54.7 Å². The Hall–Kier alpha value is -3.50. The van der Waals surface area contributed by atoms with E-state index in [2.05, 4.69) is 26.2 Å². The van der Waals surface area contributed by atoms with Crippen molar-refractivity contribution in [2.75, 3.05) is 5.73 Å². The van der Waals surface area contributed by atoms with Crippen LogP contribution in [0, 0.1) is 11.8 Å². The third-order valence-electron chi connectivity index (χ3n) is 3.23. The van der Waals surface area contributed by atoms with Crippen LogP contribution >= 0.6 is 0 Å². The predicted molar refractivity (Wildman–Crippen MR) is 98.4 cm³/mol. The zero-order chi connectivity index (χ0) is 18.4. The minimum atomic E-state index is -1.76. The van der Waals surface area contributed by atoms with Crippen LogP contribution < -0.4 is 5.73 Å². The molecule has 1 aromatic carbocycles. The molecule has 3 aromatic rings. The van der Waals surface area contributed by atoms with E-state index in [4.69, 9.17) is 5.73 Å². The van der Waals surface area contributed by atoms with Crippen molar-refractivity contribution < 1.29 is 9.00 Å². The highest BCUT2D eigenvalue weighted by molar-refractivity contribution is 7.75. The van der Waals surface area contributed by atoms with Gasteiger partial charge < -0.3 is 14.3 Å². The third kappa shape index (κ3) is 4.53. The van der Waals surface area contributed by atoms with Crippen molar-refractivity contribution in [3.63, 3.8) is 0 Å². The Bertz CT molecular complexity index is 1080. The summed E-state index contributed by atoms with van der Waals surface area (Å²) in [5.74, 6) is 5.61. The van der Waals surface area contributed by atoms with Crippen LogP contribution in [0.4, 0.5) is 5.82 Å². The van der Waals surface area contributed by atoms with Gasteiger partial charge >= 0.3 is 0 Å². The molecule has 26 heavy (non-hydrogen) atoms. The molecule has 2 N–H and O–H groups in total. The molecule has 1 amide bonds. The molecule has 0 aliphatic carbocycles. The Balaban J connectivity index is 1.82. The quantitative estimate of drug-likeness (QED) is 0.559. The van der Waals surface area contributed by atoms with Crippen LogP contribution in [-0.4, -0.2) is 15.9 Å². The number of nitrogen functional groups attached to an aromatic ring is 1. The Morgan fingerprint density at radius 3 is 2.50 bits per heavy atom. The first-order valence-corrected chi connectivity index (χ1v) is 8.64. The van der Waals surface area contributed by atoms with Crippen LogP contribution in [0.5, 0.6) is 0 Å². The molecule has 0 radical (unpaired) electrons. The van der Waals surface area contributed by atoms with E-state index in [0.29, 0.717) is 21.8 Å². The normalized spacial score (nSPS) is 11.4. The van der Waals surface area contributed by atoms with Crippen LogP contribution in [0.2, 0.25) is 0 Å². The fraction of sp³-hybridized carbons (Fsp3) is 0. The zero-order valence-electron chi connectivity index (χ0n) is 13.5. The van der Waals surface area contributed by atoms with Crippen molar-refractivity contribution in [3.8, 4) is 11.8 Å². The Morgan fingerprint density at radius 1 is 1.00 bits per heavy atom. The van der Waals surface area contributed by atoms with Gasteiger partial charge in [0.05, 0.1) is 5.56 Å². The van der Waals surface area contributed by atoms with Gasteiger partial charge in [-0.25, -0.2) is 4.98 Å². The Labute approximate surface area is 152 Å². The molecule has 2 aromatic heterocycles. The van der Waals surface area contributed by atoms with Gasteiger partial charge in [-0.15, -0.1) is 0 Å². The van der Waals surface area contributed by atoms with Crippen molar-refractivity contribution in [3.05, 3.63) is 83.8 Å². The second-order valence-corrected chi connectivity index (χ2v) is 6.29. The van der Waals surface area contributed by atoms with Gasteiger partial charge in [0, 0.05) is 29.7 Å². The molecule has 3 rings (SSSR count). The van der Waals surface area contributed by atoms with Gasteiger partial charge in [0.15, 0.2) is 0 Å². The van der Waals surface area contributed by atoms with Crippen molar-refractivity contribution >= 4 is 22.3 Å². The molecule has 128 valence electrons. The highest BCUT2D eigenvalue weighted by Crippen LogP contribution is 2.08. The first kappa shape index (κ1) is 17.3. The SMILES string of the molecule is Nc1ccc(C#Cc2cncc(C(=O)N=[S-](=O)c3ccccc3)c2)cn1. The molecule has 0 saturated carbocycles. The fourth-order valence-electron chi connectivity index (χ4n) is 1.97. The van der Waals surface area contributed by atoms with Crippen molar-refractivity contribution in [2.45, 2.75) is 4.90 Å². The van der Waals surface area contributed by atoms with E-state index >= 15 is 0 Å². The number of nitrogens with zero attached hydrogens (tertiary/aromatic N) is 3. The lowest BCUT2D eigenvalue weighted by Gasteiger charge is -2.04. The minimum Gasteiger partial charge on any atom is -0.440 e. The minimum absolute atomic E-state index is 0.219. The summed E-state index contributed by atoms with van der Waals surface area (Å²) in [5, 5.41) is 0. The summed E-state index contributed by atoms with van der Waals surface area (Å²) >= 11 is 0. The average molecular weight is 361 g/mol.